The molecule has 0 saturated carbocycles. The molecule has 0 bridgehead atoms. The highest BCUT2D eigenvalue weighted by molar-refractivity contribution is 8.28. The molecule has 4 nitrogen and oxygen atoms in total. The predicted molar refractivity (Wildman–Crippen MR) is 53.5 cm³/mol. The fraction of sp³-hybridized carbons (Fsp3) is 1.00. The topological polar surface area (TPSA) is 47.9 Å². The van der Waals surface area contributed by atoms with Crippen molar-refractivity contribution >= 4 is 20.6 Å². The highest BCUT2D eigenvalue weighted by atomic mass is 32.8. The van der Waals surface area contributed by atoms with Crippen LogP contribution in [0.4, 0.5) is 0 Å². The quantitative estimate of drug-likeness (QED) is 0.616. The maximum Gasteiger partial charge on any atom is 0.144 e. The van der Waals surface area contributed by atoms with Crippen molar-refractivity contribution in [2.45, 2.75) is 23.5 Å². The molecule has 2 aliphatic rings. The first kappa shape index (κ1) is 9.64. The SMILES string of the molecule is C[S@@](=S)[C@H]1CO[C@H]2[C@@H]1OC[C@H]2N=O. The largest absolute Gasteiger partial charge is 0.372 e. The number of hydrogen-bond acceptors (Lipinski definition) is 5. The number of nitrogens with zero attached hydrogens (tertiary/aromatic N) is 1. The lowest BCUT2D eigenvalue weighted by molar-refractivity contribution is 0.0714. The number of nitroso groups, excluding NO2 is 1. The van der Waals surface area contributed by atoms with Crippen LogP contribution in [0.15, 0.2) is 5.18 Å². The third-order valence-corrected chi connectivity index (χ3v) is 4.54. The molecular weight excluding hydrogens is 210 g/mol. The molecule has 13 heavy (non-hydrogen) atoms. The fourth-order valence-corrected chi connectivity index (χ4v) is 3.20. The second-order valence-corrected chi connectivity index (χ2v) is 6.49. The van der Waals surface area contributed by atoms with Crippen LogP contribution >= 0.6 is 0 Å². The highest BCUT2D eigenvalue weighted by Gasteiger charge is 2.48. The summed E-state index contributed by atoms with van der Waals surface area (Å²) in [6, 6.07) is -0.325. The van der Waals surface area contributed by atoms with E-state index in [1.54, 1.807) is 0 Å². The summed E-state index contributed by atoms with van der Waals surface area (Å²) in [6.45, 7) is 1.01. The number of fused-ring (bicyclic) bond motifs is 1. The maximum atomic E-state index is 10.4. The van der Waals surface area contributed by atoms with Gasteiger partial charge in [-0.3, -0.25) is 0 Å². The first-order valence-electron chi connectivity index (χ1n) is 4.12. The zero-order valence-electron chi connectivity index (χ0n) is 7.21. The number of hydrogen-bond donors (Lipinski definition) is 0. The molecule has 2 rings (SSSR count). The van der Waals surface area contributed by atoms with Gasteiger partial charge in [-0.15, -0.1) is 9.45 Å². The Morgan fingerprint density at radius 2 is 2.08 bits per heavy atom. The van der Waals surface area contributed by atoms with E-state index in [2.05, 4.69) is 5.18 Å². The van der Waals surface area contributed by atoms with Gasteiger partial charge in [0.1, 0.15) is 18.2 Å². The molecule has 0 N–H and O–H groups in total. The van der Waals surface area contributed by atoms with E-state index in [4.69, 9.17) is 20.7 Å². The van der Waals surface area contributed by atoms with Gasteiger partial charge in [0.25, 0.3) is 0 Å². The van der Waals surface area contributed by atoms with Gasteiger partial charge in [0, 0.05) is 0 Å². The van der Waals surface area contributed by atoms with E-state index in [1.807, 2.05) is 6.26 Å². The minimum absolute atomic E-state index is 0.00790. The molecule has 0 aromatic heterocycles. The Morgan fingerprint density at radius 1 is 1.38 bits per heavy atom. The van der Waals surface area contributed by atoms with Crippen molar-refractivity contribution in [3.8, 4) is 0 Å². The summed E-state index contributed by atoms with van der Waals surface area (Å²) in [5.41, 5.74) is 0. The van der Waals surface area contributed by atoms with Crippen molar-refractivity contribution in [3.05, 3.63) is 4.91 Å². The first-order valence-corrected chi connectivity index (χ1v) is 6.74. The smallest absolute Gasteiger partial charge is 0.144 e. The van der Waals surface area contributed by atoms with Crippen LogP contribution in [0.25, 0.3) is 0 Å². The second kappa shape index (κ2) is 3.68. The first-order chi connectivity index (χ1) is 6.24. The van der Waals surface area contributed by atoms with Gasteiger partial charge in [0.2, 0.25) is 0 Å². The summed E-state index contributed by atoms with van der Waals surface area (Å²) < 4.78 is 11.0. The lowest BCUT2D eigenvalue weighted by atomic mass is 10.1. The van der Waals surface area contributed by atoms with E-state index in [9.17, 15) is 4.91 Å². The summed E-state index contributed by atoms with van der Waals surface area (Å²) in [5, 5.41) is 3.26. The summed E-state index contributed by atoms with van der Waals surface area (Å²) in [6.07, 6.45) is 1.87. The van der Waals surface area contributed by atoms with Crippen LogP contribution in [-0.2, 0) is 30.1 Å². The third kappa shape index (κ3) is 1.56. The van der Waals surface area contributed by atoms with E-state index in [0.29, 0.717) is 13.2 Å². The molecule has 0 aromatic rings. The molecule has 2 heterocycles. The van der Waals surface area contributed by atoms with Crippen molar-refractivity contribution in [1.82, 2.24) is 0 Å². The van der Waals surface area contributed by atoms with Crippen LogP contribution in [0.3, 0.4) is 0 Å². The molecule has 5 atom stereocenters. The monoisotopic (exact) mass is 221 g/mol. The van der Waals surface area contributed by atoms with Gasteiger partial charge in [0.15, 0.2) is 0 Å². The minimum atomic E-state index is -0.325. The van der Waals surface area contributed by atoms with Gasteiger partial charge in [-0.25, -0.2) is 0 Å². The highest BCUT2D eigenvalue weighted by Crippen LogP contribution is 2.30. The van der Waals surface area contributed by atoms with E-state index in [0.717, 1.165) is 0 Å². The standard InChI is InChI=1S/C7H11NO3S2/c1-13(12)5-3-11-6-4(8-9)2-10-7(5)6/h4-7H,2-3H2,1H3/t4-,5+,6-,7-,13-/m1/s1. The normalized spacial score (nSPS) is 45.9. The molecule has 2 fully saturated rings. The van der Waals surface area contributed by atoms with E-state index < -0.39 is 0 Å². The molecule has 0 amide bonds. The summed E-state index contributed by atoms with van der Waals surface area (Å²) in [5.74, 6) is 0. The Bertz CT molecular complexity index is 248. The molecule has 74 valence electrons. The lowest BCUT2D eigenvalue weighted by Crippen LogP contribution is -2.32. The van der Waals surface area contributed by atoms with Gasteiger partial charge in [-0.1, -0.05) is 16.4 Å². The molecule has 0 unspecified atom stereocenters. The summed E-state index contributed by atoms with van der Waals surface area (Å²) >= 11 is 5.20. The van der Waals surface area contributed by atoms with Gasteiger partial charge in [0.05, 0.1) is 18.5 Å². The molecule has 6 heteroatoms. The molecule has 2 saturated heterocycles. The van der Waals surface area contributed by atoms with Crippen molar-refractivity contribution < 1.29 is 9.47 Å². The Labute approximate surface area is 83.5 Å². The second-order valence-electron chi connectivity index (χ2n) is 3.31. The molecule has 0 spiro atoms. The van der Waals surface area contributed by atoms with Crippen LogP contribution in [0.2, 0.25) is 0 Å². The van der Waals surface area contributed by atoms with Gasteiger partial charge >= 0.3 is 0 Å². The van der Waals surface area contributed by atoms with E-state index in [-0.39, 0.29) is 33.0 Å². The Kier molecular flexibility index (Phi) is 2.73. The maximum absolute atomic E-state index is 10.4. The molecule has 2 aliphatic heterocycles. The van der Waals surface area contributed by atoms with Crippen molar-refractivity contribution in [2.75, 3.05) is 19.5 Å². The lowest BCUT2D eigenvalue weighted by Gasteiger charge is -2.14. The van der Waals surface area contributed by atoms with Crippen molar-refractivity contribution in [2.24, 2.45) is 5.18 Å². The van der Waals surface area contributed by atoms with Crippen LogP contribution in [0.5, 0.6) is 0 Å². The van der Waals surface area contributed by atoms with Crippen LogP contribution in [0, 0.1) is 4.91 Å². The van der Waals surface area contributed by atoms with Crippen molar-refractivity contribution in [3.63, 3.8) is 0 Å². The molecule has 0 aliphatic carbocycles. The van der Waals surface area contributed by atoms with Gasteiger partial charge in [-0.05, 0) is 6.26 Å². The average molecular weight is 221 g/mol. The number of ether oxygens (including phenoxy) is 2. The minimum Gasteiger partial charge on any atom is -0.372 e. The van der Waals surface area contributed by atoms with Gasteiger partial charge in [-0.2, -0.15) is 4.91 Å². The van der Waals surface area contributed by atoms with Crippen molar-refractivity contribution in [1.29, 1.82) is 0 Å². The van der Waals surface area contributed by atoms with E-state index in [1.165, 1.54) is 0 Å². The zero-order valence-corrected chi connectivity index (χ0v) is 8.85. The molecule has 0 radical (unpaired) electrons. The Balaban J connectivity index is 2.11. The van der Waals surface area contributed by atoms with Crippen LogP contribution < -0.4 is 0 Å². The zero-order chi connectivity index (χ0) is 9.42. The third-order valence-electron chi connectivity index (χ3n) is 2.54. The average Bonchev–Trinajstić information content (AvgIpc) is 2.61. The Morgan fingerprint density at radius 3 is 2.69 bits per heavy atom. The fourth-order valence-electron chi connectivity index (χ4n) is 1.82. The summed E-state index contributed by atoms with van der Waals surface area (Å²) in [4.78, 5) is 10.4. The Hall–Kier alpha value is 0.0900. The van der Waals surface area contributed by atoms with E-state index >= 15 is 0 Å². The molecular formula is C7H11NO3S2. The molecule has 0 aromatic carbocycles. The number of rotatable bonds is 2. The summed E-state index contributed by atoms with van der Waals surface area (Å²) in [7, 11) is -0.129. The van der Waals surface area contributed by atoms with Gasteiger partial charge < -0.3 is 9.47 Å². The predicted octanol–water partition coefficient (Wildman–Crippen LogP) is -0.00240. The van der Waals surface area contributed by atoms with Crippen LogP contribution in [0.1, 0.15) is 0 Å². The van der Waals surface area contributed by atoms with Crippen LogP contribution in [-0.4, -0.2) is 43.0 Å².